The van der Waals surface area contributed by atoms with E-state index in [-0.39, 0.29) is 17.9 Å². The van der Waals surface area contributed by atoms with Gasteiger partial charge in [0.05, 0.1) is 5.56 Å². The van der Waals surface area contributed by atoms with Crippen LogP contribution in [0, 0.1) is 6.92 Å². The molecule has 1 atom stereocenters. The predicted octanol–water partition coefficient (Wildman–Crippen LogP) is 5.54. The van der Waals surface area contributed by atoms with E-state index in [4.69, 9.17) is 0 Å². The molecule has 1 unspecified atom stereocenters. The molecular formula is C26H23F3N2O2. The zero-order valence-corrected chi connectivity index (χ0v) is 18.2. The third-order valence-corrected chi connectivity index (χ3v) is 5.82. The van der Waals surface area contributed by atoms with Gasteiger partial charge in [-0.1, -0.05) is 30.3 Å². The molecule has 170 valence electrons. The first-order chi connectivity index (χ1) is 15.6. The summed E-state index contributed by atoms with van der Waals surface area (Å²) in [5.74, 6) is -0.415. The summed E-state index contributed by atoms with van der Waals surface area (Å²) in [6.07, 6.45) is -2.98. The van der Waals surface area contributed by atoms with Gasteiger partial charge in [-0.2, -0.15) is 13.2 Å². The van der Waals surface area contributed by atoms with Gasteiger partial charge in [0, 0.05) is 24.2 Å². The highest BCUT2D eigenvalue weighted by molar-refractivity contribution is 6.09. The molecule has 0 bridgehead atoms. The number of halogens is 3. The second kappa shape index (κ2) is 8.73. The van der Waals surface area contributed by atoms with Crippen LogP contribution in [0.3, 0.4) is 0 Å². The summed E-state index contributed by atoms with van der Waals surface area (Å²) in [5.41, 5.74) is 4.39. The first-order valence-electron chi connectivity index (χ1n) is 10.6. The molecule has 2 N–H and O–H groups in total. The van der Waals surface area contributed by atoms with Crippen LogP contribution < -0.4 is 10.6 Å². The van der Waals surface area contributed by atoms with Gasteiger partial charge in [-0.3, -0.25) is 9.59 Å². The molecule has 3 aromatic carbocycles. The molecule has 1 aliphatic carbocycles. The monoisotopic (exact) mass is 452 g/mol. The number of hydrogen-bond donors (Lipinski definition) is 2. The van der Waals surface area contributed by atoms with Crippen molar-refractivity contribution < 1.29 is 22.8 Å². The molecule has 4 nitrogen and oxygen atoms in total. The highest BCUT2D eigenvalue weighted by atomic mass is 19.4. The highest BCUT2D eigenvalue weighted by Crippen LogP contribution is 2.33. The molecule has 0 heterocycles. The van der Waals surface area contributed by atoms with Gasteiger partial charge in [0.2, 0.25) is 5.91 Å². The molecule has 0 saturated carbocycles. The van der Waals surface area contributed by atoms with E-state index < -0.39 is 11.7 Å². The lowest BCUT2D eigenvalue weighted by Crippen LogP contribution is -2.33. The summed E-state index contributed by atoms with van der Waals surface area (Å²) in [5, 5.41) is 5.83. The molecular weight excluding hydrogens is 429 g/mol. The molecule has 0 fully saturated rings. The minimum absolute atomic E-state index is 0.0477. The quantitative estimate of drug-likeness (QED) is 0.546. The predicted molar refractivity (Wildman–Crippen MR) is 121 cm³/mol. The first-order valence-corrected chi connectivity index (χ1v) is 10.6. The number of amides is 2. The number of nitrogens with one attached hydrogen (secondary N) is 2. The van der Waals surface area contributed by atoms with Crippen LogP contribution >= 0.6 is 0 Å². The van der Waals surface area contributed by atoms with Gasteiger partial charge < -0.3 is 10.6 Å². The van der Waals surface area contributed by atoms with Crippen LogP contribution in [0.2, 0.25) is 0 Å². The van der Waals surface area contributed by atoms with Crippen LogP contribution in [-0.2, 0) is 23.8 Å². The van der Waals surface area contributed by atoms with Crippen molar-refractivity contribution in [2.75, 3.05) is 5.32 Å². The minimum atomic E-state index is -4.42. The number of fused-ring (bicyclic) bond motifs is 1. The summed E-state index contributed by atoms with van der Waals surface area (Å²) < 4.78 is 38.8. The van der Waals surface area contributed by atoms with E-state index >= 15 is 0 Å². The maximum absolute atomic E-state index is 13.1. The molecule has 4 rings (SSSR count). The molecule has 33 heavy (non-hydrogen) atoms. The third-order valence-electron chi connectivity index (χ3n) is 5.82. The minimum Gasteiger partial charge on any atom is -0.353 e. The molecule has 0 radical (unpaired) electrons. The van der Waals surface area contributed by atoms with Crippen molar-refractivity contribution in [1.29, 1.82) is 0 Å². The van der Waals surface area contributed by atoms with Crippen LogP contribution in [0.5, 0.6) is 0 Å². The Morgan fingerprint density at radius 1 is 0.939 bits per heavy atom. The zero-order chi connectivity index (χ0) is 23.8. The Morgan fingerprint density at radius 3 is 2.30 bits per heavy atom. The second-order valence-corrected chi connectivity index (χ2v) is 8.32. The number of rotatable bonds is 4. The fourth-order valence-corrected chi connectivity index (χ4v) is 4.35. The fraction of sp³-hybridized carbons (Fsp3) is 0.231. The van der Waals surface area contributed by atoms with Gasteiger partial charge in [0.15, 0.2) is 0 Å². The lowest BCUT2D eigenvalue weighted by molar-refractivity contribution is -0.137. The number of alkyl halides is 3. The van der Waals surface area contributed by atoms with Crippen LogP contribution in [0.15, 0.2) is 60.7 Å². The van der Waals surface area contributed by atoms with E-state index in [9.17, 15) is 22.8 Å². The van der Waals surface area contributed by atoms with E-state index in [1.54, 1.807) is 12.1 Å². The van der Waals surface area contributed by atoms with Crippen molar-refractivity contribution in [3.05, 3.63) is 88.5 Å². The van der Waals surface area contributed by atoms with E-state index in [0.29, 0.717) is 28.8 Å². The Kier molecular flexibility index (Phi) is 5.97. The summed E-state index contributed by atoms with van der Waals surface area (Å²) in [7, 11) is 0. The number of anilines is 1. The van der Waals surface area contributed by atoms with Crippen molar-refractivity contribution in [3.8, 4) is 11.1 Å². The Bertz CT molecular complexity index is 1220. The van der Waals surface area contributed by atoms with E-state index in [1.807, 2.05) is 31.2 Å². The Balaban J connectivity index is 1.58. The van der Waals surface area contributed by atoms with E-state index in [1.165, 1.54) is 19.1 Å². The largest absolute Gasteiger partial charge is 0.416 e. The summed E-state index contributed by atoms with van der Waals surface area (Å²) in [6, 6.07) is 15.8. The van der Waals surface area contributed by atoms with Gasteiger partial charge >= 0.3 is 6.18 Å². The standard InChI is InChI=1S/C26H23F3N2O2/c1-15-4-3-5-23(24(15)17-6-9-20(10-7-17)26(27,28)29)25(33)31-21-11-8-18-12-22(30-16(2)32)14-19(18)13-21/h3-11,13,22H,12,14H2,1-2H3,(H,30,32)(H,31,33). The molecule has 0 aliphatic heterocycles. The summed E-state index contributed by atoms with van der Waals surface area (Å²) >= 11 is 0. The van der Waals surface area contributed by atoms with Crippen molar-refractivity contribution >= 4 is 17.5 Å². The van der Waals surface area contributed by atoms with E-state index in [0.717, 1.165) is 35.2 Å². The van der Waals surface area contributed by atoms with Crippen molar-refractivity contribution in [1.82, 2.24) is 5.32 Å². The van der Waals surface area contributed by atoms with Crippen LogP contribution in [0.25, 0.3) is 11.1 Å². The summed E-state index contributed by atoms with van der Waals surface area (Å²) in [4.78, 5) is 24.5. The van der Waals surface area contributed by atoms with Crippen molar-refractivity contribution in [2.24, 2.45) is 0 Å². The maximum atomic E-state index is 13.1. The number of aryl methyl sites for hydroxylation is 1. The normalized spacial score (nSPS) is 15.1. The third kappa shape index (κ3) is 4.92. The summed E-state index contributed by atoms with van der Waals surface area (Å²) in [6.45, 7) is 3.31. The first kappa shape index (κ1) is 22.6. The number of hydrogen-bond acceptors (Lipinski definition) is 2. The number of benzene rings is 3. The fourth-order valence-electron chi connectivity index (χ4n) is 4.35. The number of carbonyl (C=O) groups excluding carboxylic acids is 2. The van der Waals surface area contributed by atoms with Gasteiger partial charge in [0.1, 0.15) is 0 Å². The highest BCUT2D eigenvalue weighted by Gasteiger charge is 2.30. The smallest absolute Gasteiger partial charge is 0.353 e. The topological polar surface area (TPSA) is 58.2 Å². The second-order valence-electron chi connectivity index (χ2n) is 8.32. The van der Waals surface area contributed by atoms with Crippen molar-refractivity contribution in [2.45, 2.75) is 38.9 Å². The average molecular weight is 452 g/mol. The Morgan fingerprint density at radius 2 is 1.64 bits per heavy atom. The van der Waals surface area contributed by atoms with Gasteiger partial charge in [-0.05, 0) is 77.9 Å². The van der Waals surface area contributed by atoms with Crippen LogP contribution in [0.1, 0.15) is 39.5 Å². The number of carbonyl (C=O) groups is 2. The SMILES string of the molecule is CC(=O)NC1Cc2ccc(NC(=O)c3cccc(C)c3-c3ccc(C(F)(F)F)cc3)cc2C1. The molecule has 7 heteroatoms. The molecule has 0 spiro atoms. The van der Waals surface area contributed by atoms with E-state index in [2.05, 4.69) is 10.6 Å². The van der Waals surface area contributed by atoms with Crippen LogP contribution in [-0.4, -0.2) is 17.9 Å². The van der Waals surface area contributed by atoms with Crippen molar-refractivity contribution in [3.63, 3.8) is 0 Å². The molecule has 0 saturated heterocycles. The van der Waals surface area contributed by atoms with Gasteiger partial charge in [0.25, 0.3) is 5.91 Å². The molecule has 0 aromatic heterocycles. The average Bonchev–Trinajstić information content (AvgIpc) is 3.13. The Labute approximate surface area is 189 Å². The lowest BCUT2D eigenvalue weighted by Gasteiger charge is -2.15. The molecule has 1 aliphatic rings. The van der Waals surface area contributed by atoms with Gasteiger partial charge in [-0.15, -0.1) is 0 Å². The molecule has 2 amide bonds. The van der Waals surface area contributed by atoms with Gasteiger partial charge in [-0.25, -0.2) is 0 Å². The van der Waals surface area contributed by atoms with Crippen LogP contribution in [0.4, 0.5) is 18.9 Å². The molecule has 3 aromatic rings. The zero-order valence-electron chi connectivity index (χ0n) is 18.2. The Hall–Kier alpha value is -3.61. The lowest BCUT2D eigenvalue weighted by atomic mass is 9.93. The maximum Gasteiger partial charge on any atom is 0.416 e.